The molecule has 0 N–H and O–H groups in total. The predicted octanol–water partition coefficient (Wildman–Crippen LogP) is 5.01. The van der Waals surface area contributed by atoms with Gasteiger partial charge in [0, 0.05) is 34.7 Å². The van der Waals surface area contributed by atoms with Crippen LogP contribution in [0.3, 0.4) is 0 Å². The van der Waals surface area contributed by atoms with Gasteiger partial charge >= 0.3 is 6.09 Å². The maximum absolute atomic E-state index is 12.5. The number of aryl methyl sites for hydroxylation is 1. The fourth-order valence-corrected chi connectivity index (χ4v) is 3.65. The second-order valence-corrected chi connectivity index (χ2v) is 8.08. The first-order chi connectivity index (χ1) is 10.8. The largest absolute Gasteiger partial charge is 0.444 e. The Bertz CT molecular complexity index is 745. The molecule has 0 bridgehead atoms. The number of fused-ring (bicyclic) bond motifs is 1. The zero-order chi connectivity index (χ0) is 16.8. The summed E-state index contributed by atoms with van der Waals surface area (Å²) in [5.74, 6) is 0. The lowest BCUT2D eigenvalue weighted by atomic mass is 10.1. The molecule has 2 heterocycles. The van der Waals surface area contributed by atoms with Crippen molar-refractivity contribution in [3.8, 4) is 0 Å². The summed E-state index contributed by atoms with van der Waals surface area (Å²) in [6.07, 6.45) is 1.77. The molecule has 1 amide bonds. The van der Waals surface area contributed by atoms with Gasteiger partial charge in [0.15, 0.2) is 0 Å². The van der Waals surface area contributed by atoms with Crippen LogP contribution in [0.5, 0.6) is 0 Å². The van der Waals surface area contributed by atoms with Crippen LogP contribution >= 0.6 is 15.9 Å². The molecule has 124 valence electrons. The molecule has 0 spiro atoms. The van der Waals surface area contributed by atoms with E-state index in [1.165, 1.54) is 16.6 Å². The van der Waals surface area contributed by atoms with Crippen molar-refractivity contribution in [1.29, 1.82) is 0 Å². The van der Waals surface area contributed by atoms with E-state index in [9.17, 15) is 4.79 Å². The fraction of sp³-hybridized carbons (Fsp3) is 0.500. The number of amides is 1. The van der Waals surface area contributed by atoms with Crippen LogP contribution in [0.25, 0.3) is 10.9 Å². The van der Waals surface area contributed by atoms with Gasteiger partial charge in [-0.3, -0.25) is 4.90 Å². The molecule has 1 unspecified atom stereocenters. The van der Waals surface area contributed by atoms with E-state index >= 15 is 0 Å². The van der Waals surface area contributed by atoms with E-state index in [1.54, 1.807) is 0 Å². The Morgan fingerprint density at radius 2 is 2.04 bits per heavy atom. The zero-order valence-corrected chi connectivity index (χ0v) is 15.7. The molecule has 23 heavy (non-hydrogen) atoms. The standard InChI is InChI=1S/C18H23BrN2O2/c1-18(2,3)23-17(22)21-9-5-6-15(21)16-11-12-10-13(19)7-8-14(12)20(16)4/h7-8,10-11,15H,5-6,9H2,1-4H3. The SMILES string of the molecule is Cn1c(C2CCCN2C(=O)OC(C)(C)C)cc2cc(Br)ccc21. The van der Waals surface area contributed by atoms with Gasteiger partial charge in [-0.25, -0.2) is 4.79 Å². The van der Waals surface area contributed by atoms with Crippen LogP contribution in [0.4, 0.5) is 4.79 Å². The summed E-state index contributed by atoms with van der Waals surface area (Å²) >= 11 is 3.52. The Morgan fingerprint density at radius 3 is 2.74 bits per heavy atom. The molecule has 0 radical (unpaired) electrons. The number of likely N-dealkylation sites (tertiary alicyclic amines) is 1. The van der Waals surface area contributed by atoms with Crippen molar-refractivity contribution in [2.75, 3.05) is 6.54 Å². The number of aromatic nitrogens is 1. The Morgan fingerprint density at radius 1 is 1.30 bits per heavy atom. The molecular weight excluding hydrogens is 356 g/mol. The first-order valence-electron chi connectivity index (χ1n) is 8.01. The third-order valence-electron chi connectivity index (χ3n) is 4.26. The van der Waals surface area contributed by atoms with E-state index < -0.39 is 5.60 Å². The summed E-state index contributed by atoms with van der Waals surface area (Å²) in [4.78, 5) is 14.4. The second kappa shape index (κ2) is 5.86. The molecule has 1 atom stereocenters. The number of hydrogen-bond donors (Lipinski definition) is 0. The highest BCUT2D eigenvalue weighted by Crippen LogP contribution is 2.36. The molecule has 5 heteroatoms. The van der Waals surface area contributed by atoms with Crippen molar-refractivity contribution in [2.24, 2.45) is 7.05 Å². The Labute approximate surface area is 145 Å². The van der Waals surface area contributed by atoms with Crippen molar-refractivity contribution in [2.45, 2.75) is 45.3 Å². The maximum Gasteiger partial charge on any atom is 0.410 e. The van der Waals surface area contributed by atoms with E-state index in [-0.39, 0.29) is 12.1 Å². The number of ether oxygens (including phenoxy) is 1. The summed E-state index contributed by atoms with van der Waals surface area (Å²) in [6.45, 7) is 6.48. The molecule has 1 saturated heterocycles. The number of carbonyl (C=O) groups excluding carboxylic acids is 1. The summed E-state index contributed by atoms with van der Waals surface area (Å²) in [7, 11) is 2.07. The van der Waals surface area contributed by atoms with Crippen molar-refractivity contribution in [3.63, 3.8) is 0 Å². The van der Waals surface area contributed by atoms with Crippen LogP contribution in [0, 0.1) is 0 Å². The van der Waals surface area contributed by atoms with Gasteiger partial charge in [0.2, 0.25) is 0 Å². The number of hydrogen-bond acceptors (Lipinski definition) is 2. The minimum absolute atomic E-state index is 0.0843. The lowest BCUT2D eigenvalue weighted by molar-refractivity contribution is 0.0220. The number of rotatable bonds is 1. The van der Waals surface area contributed by atoms with Gasteiger partial charge in [-0.05, 0) is 57.9 Å². The molecule has 1 fully saturated rings. The van der Waals surface area contributed by atoms with E-state index in [1.807, 2.05) is 31.7 Å². The second-order valence-electron chi connectivity index (χ2n) is 7.16. The van der Waals surface area contributed by atoms with Gasteiger partial charge in [0.05, 0.1) is 6.04 Å². The molecule has 4 nitrogen and oxygen atoms in total. The minimum atomic E-state index is -0.464. The quantitative estimate of drug-likeness (QED) is 0.698. The van der Waals surface area contributed by atoms with Crippen molar-refractivity contribution < 1.29 is 9.53 Å². The monoisotopic (exact) mass is 378 g/mol. The zero-order valence-electron chi connectivity index (χ0n) is 14.1. The molecular formula is C18H23BrN2O2. The molecule has 1 aromatic carbocycles. The van der Waals surface area contributed by atoms with Crippen molar-refractivity contribution >= 4 is 32.9 Å². The molecule has 1 aromatic heterocycles. The normalized spacial score (nSPS) is 18.7. The molecule has 1 aliphatic rings. The van der Waals surface area contributed by atoms with Gasteiger partial charge in [0.1, 0.15) is 5.60 Å². The first kappa shape index (κ1) is 16.4. The third-order valence-corrected chi connectivity index (χ3v) is 4.76. The number of carbonyl (C=O) groups is 1. The van der Waals surface area contributed by atoms with Crippen LogP contribution in [0.1, 0.15) is 45.3 Å². The van der Waals surface area contributed by atoms with Crippen LogP contribution in [-0.4, -0.2) is 27.7 Å². The van der Waals surface area contributed by atoms with Crippen LogP contribution in [-0.2, 0) is 11.8 Å². The topological polar surface area (TPSA) is 34.5 Å². The molecule has 0 aliphatic carbocycles. The summed E-state index contributed by atoms with van der Waals surface area (Å²) < 4.78 is 8.83. The predicted molar refractivity (Wildman–Crippen MR) is 95.5 cm³/mol. The van der Waals surface area contributed by atoms with Gasteiger partial charge in [-0.15, -0.1) is 0 Å². The Balaban J connectivity index is 1.94. The minimum Gasteiger partial charge on any atom is -0.444 e. The highest BCUT2D eigenvalue weighted by atomic mass is 79.9. The molecule has 0 saturated carbocycles. The lowest BCUT2D eigenvalue weighted by Gasteiger charge is -2.29. The summed E-state index contributed by atoms with van der Waals surface area (Å²) in [5.41, 5.74) is 1.88. The van der Waals surface area contributed by atoms with Gasteiger partial charge in [-0.2, -0.15) is 0 Å². The third kappa shape index (κ3) is 3.25. The highest BCUT2D eigenvalue weighted by Gasteiger charge is 2.34. The summed E-state index contributed by atoms with van der Waals surface area (Å²) in [5, 5.41) is 1.19. The highest BCUT2D eigenvalue weighted by molar-refractivity contribution is 9.10. The maximum atomic E-state index is 12.5. The van der Waals surface area contributed by atoms with Crippen LogP contribution < -0.4 is 0 Å². The van der Waals surface area contributed by atoms with Crippen LogP contribution in [0.15, 0.2) is 28.7 Å². The average Bonchev–Trinajstić information content (AvgIpc) is 3.01. The van der Waals surface area contributed by atoms with E-state index in [2.05, 4.69) is 45.7 Å². The number of benzene rings is 1. The molecule has 3 rings (SSSR count). The fourth-order valence-electron chi connectivity index (χ4n) is 3.27. The first-order valence-corrected chi connectivity index (χ1v) is 8.80. The van der Waals surface area contributed by atoms with E-state index in [0.29, 0.717) is 0 Å². The Hall–Kier alpha value is -1.49. The van der Waals surface area contributed by atoms with Crippen molar-refractivity contribution in [1.82, 2.24) is 9.47 Å². The molecule has 2 aromatic rings. The average molecular weight is 379 g/mol. The smallest absolute Gasteiger partial charge is 0.410 e. The van der Waals surface area contributed by atoms with E-state index in [0.717, 1.165) is 23.9 Å². The van der Waals surface area contributed by atoms with E-state index in [4.69, 9.17) is 4.74 Å². The molecule has 1 aliphatic heterocycles. The van der Waals surface area contributed by atoms with Gasteiger partial charge in [0.25, 0.3) is 0 Å². The van der Waals surface area contributed by atoms with Gasteiger partial charge in [-0.1, -0.05) is 15.9 Å². The number of halogens is 1. The number of nitrogens with zero attached hydrogens (tertiary/aromatic N) is 2. The van der Waals surface area contributed by atoms with Crippen molar-refractivity contribution in [3.05, 3.63) is 34.4 Å². The van der Waals surface area contributed by atoms with Gasteiger partial charge < -0.3 is 9.30 Å². The van der Waals surface area contributed by atoms with Crippen LogP contribution in [0.2, 0.25) is 0 Å². The lowest BCUT2D eigenvalue weighted by Crippen LogP contribution is -2.36. The Kier molecular flexibility index (Phi) is 4.17. The summed E-state index contributed by atoms with van der Waals surface area (Å²) in [6, 6.07) is 8.54.